The quantitative estimate of drug-likeness (QED) is 0.170. The normalized spacial score (nSPS) is 12.6. The van der Waals surface area contributed by atoms with E-state index in [9.17, 15) is 4.79 Å². The number of amides is 1. The van der Waals surface area contributed by atoms with Crippen molar-refractivity contribution in [3.05, 3.63) is 114 Å². The second kappa shape index (κ2) is 13.8. The first-order chi connectivity index (χ1) is 19.7. The van der Waals surface area contributed by atoms with E-state index in [-0.39, 0.29) is 23.3 Å². The van der Waals surface area contributed by atoms with Crippen molar-refractivity contribution >= 4 is 5.91 Å². The summed E-state index contributed by atoms with van der Waals surface area (Å²) in [6, 6.07) is 30.3. The summed E-state index contributed by atoms with van der Waals surface area (Å²) in [5.41, 5.74) is 3.79. The van der Waals surface area contributed by atoms with Crippen molar-refractivity contribution in [2.24, 2.45) is 11.3 Å². The lowest BCUT2D eigenvalue weighted by molar-refractivity contribution is 0.0445. The summed E-state index contributed by atoms with van der Waals surface area (Å²) in [7, 11) is 2.17. The molecule has 5 nitrogen and oxygen atoms in total. The molecule has 0 aliphatic rings. The molecule has 0 radical (unpaired) electrons. The van der Waals surface area contributed by atoms with Gasteiger partial charge < -0.3 is 14.4 Å². The van der Waals surface area contributed by atoms with Crippen molar-refractivity contribution in [3.63, 3.8) is 0 Å². The molecule has 4 rings (SSSR count). The van der Waals surface area contributed by atoms with Crippen molar-refractivity contribution in [2.75, 3.05) is 26.7 Å². The first-order valence-electron chi connectivity index (χ1n) is 14.9. The fourth-order valence-electron chi connectivity index (χ4n) is 5.86. The minimum atomic E-state index is -0.209. The number of benzene rings is 3. The van der Waals surface area contributed by atoms with Crippen LogP contribution in [-0.2, 0) is 6.54 Å². The van der Waals surface area contributed by atoms with Crippen LogP contribution in [0.25, 0.3) is 11.3 Å². The van der Waals surface area contributed by atoms with E-state index in [2.05, 4.69) is 98.6 Å². The maximum Gasteiger partial charge on any atom is 0.254 e. The lowest BCUT2D eigenvalue weighted by atomic mass is 9.89. The van der Waals surface area contributed by atoms with Gasteiger partial charge in [0.25, 0.3) is 5.91 Å². The van der Waals surface area contributed by atoms with Crippen molar-refractivity contribution < 1.29 is 4.79 Å². The standard InChI is InChI=1S/C36H46N4O/c1-7-23-38(6)26-36(4,5)27-40(35(41)31-21-15-10-16-22-31)33(28(2)3)34-37-32(30-19-13-9-14-20-30)25-39(34)24-29-17-11-8-12-18-29/h8-22,25,28,33H,7,23-24,26-27H2,1-6H3/t33-/m1/s1. The Balaban J connectivity index is 1.82. The lowest BCUT2D eigenvalue weighted by Crippen LogP contribution is -2.47. The molecule has 3 aromatic carbocycles. The Morgan fingerprint density at radius 2 is 1.46 bits per heavy atom. The third kappa shape index (κ3) is 7.95. The number of rotatable bonds is 13. The molecule has 1 heterocycles. The van der Waals surface area contributed by atoms with Gasteiger partial charge in [-0.1, -0.05) is 113 Å². The lowest BCUT2D eigenvalue weighted by Gasteiger charge is -2.41. The molecule has 216 valence electrons. The van der Waals surface area contributed by atoms with Gasteiger partial charge in [0, 0.05) is 37.0 Å². The molecule has 1 amide bonds. The van der Waals surface area contributed by atoms with E-state index in [1.165, 1.54) is 5.56 Å². The van der Waals surface area contributed by atoms with Crippen LogP contribution in [0.1, 0.15) is 68.8 Å². The van der Waals surface area contributed by atoms with E-state index in [1.54, 1.807) is 0 Å². The highest BCUT2D eigenvalue weighted by molar-refractivity contribution is 5.94. The number of carbonyl (C=O) groups is 1. The van der Waals surface area contributed by atoms with E-state index in [0.29, 0.717) is 18.7 Å². The third-order valence-corrected chi connectivity index (χ3v) is 7.49. The van der Waals surface area contributed by atoms with Gasteiger partial charge in [-0.25, -0.2) is 4.98 Å². The SMILES string of the molecule is CCCN(C)CC(C)(C)CN(C(=O)c1ccccc1)[C@@H](c1nc(-c2ccccc2)cn1Cc1ccccc1)C(C)C. The Morgan fingerprint density at radius 1 is 0.878 bits per heavy atom. The maximum atomic E-state index is 14.4. The van der Waals surface area contributed by atoms with Gasteiger partial charge in [-0.3, -0.25) is 4.79 Å². The smallest absolute Gasteiger partial charge is 0.254 e. The summed E-state index contributed by atoms with van der Waals surface area (Å²) in [4.78, 5) is 24.1. The zero-order chi connectivity index (χ0) is 29.4. The average Bonchev–Trinajstić information content (AvgIpc) is 3.36. The van der Waals surface area contributed by atoms with Crippen molar-refractivity contribution in [1.29, 1.82) is 0 Å². The van der Waals surface area contributed by atoms with Crippen LogP contribution in [0.15, 0.2) is 97.2 Å². The van der Waals surface area contributed by atoms with E-state index in [4.69, 9.17) is 4.98 Å². The maximum absolute atomic E-state index is 14.4. The largest absolute Gasteiger partial charge is 0.328 e. The Morgan fingerprint density at radius 3 is 2.05 bits per heavy atom. The molecule has 0 aliphatic carbocycles. The number of hydrogen-bond acceptors (Lipinski definition) is 3. The predicted octanol–water partition coefficient (Wildman–Crippen LogP) is 7.81. The summed E-state index contributed by atoms with van der Waals surface area (Å²) in [6.07, 6.45) is 3.26. The van der Waals surface area contributed by atoms with Crippen LogP contribution in [-0.4, -0.2) is 51.9 Å². The average molecular weight is 551 g/mol. The summed E-state index contributed by atoms with van der Waals surface area (Å²) in [6.45, 7) is 14.4. The topological polar surface area (TPSA) is 41.4 Å². The highest BCUT2D eigenvalue weighted by atomic mass is 16.2. The van der Waals surface area contributed by atoms with Crippen LogP contribution >= 0.6 is 0 Å². The van der Waals surface area contributed by atoms with Gasteiger partial charge in [0.05, 0.1) is 11.7 Å². The predicted molar refractivity (Wildman–Crippen MR) is 170 cm³/mol. The zero-order valence-electron chi connectivity index (χ0n) is 25.6. The molecule has 0 saturated carbocycles. The molecular weight excluding hydrogens is 504 g/mol. The van der Waals surface area contributed by atoms with Crippen LogP contribution < -0.4 is 0 Å². The molecule has 0 N–H and O–H groups in total. The summed E-state index contributed by atoms with van der Waals surface area (Å²) in [5, 5.41) is 0. The molecule has 5 heteroatoms. The second-order valence-electron chi connectivity index (χ2n) is 12.4. The van der Waals surface area contributed by atoms with Crippen LogP contribution in [0, 0.1) is 11.3 Å². The molecule has 0 unspecified atom stereocenters. The van der Waals surface area contributed by atoms with Crippen molar-refractivity contribution in [2.45, 2.75) is 53.6 Å². The van der Waals surface area contributed by atoms with Crippen molar-refractivity contribution in [3.8, 4) is 11.3 Å². The number of nitrogens with zero attached hydrogens (tertiary/aromatic N) is 4. The monoisotopic (exact) mass is 550 g/mol. The Bertz CT molecular complexity index is 1360. The molecule has 0 fully saturated rings. The second-order valence-corrected chi connectivity index (χ2v) is 12.4. The van der Waals surface area contributed by atoms with E-state index in [1.807, 2.05) is 54.6 Å². The van der Waals surface area contributed by atoms with E-state index < -0.39 is 0 Å². The minimum absolute atomic E-state index is 0.0473. The fourth-order valence-corrected chi connectivity index (χ4v) is 5.86. The van der Waals surface area contributed by atoms with Gasteiger partial charge in [-0.05, 0) is 49.0 Å². The molecule has 0 bridgehead atoms. The highest BCUT2D eigenvalue weighted by Crippen LogP contribution is 2.35. The molecule has 4 aromatic rings. The van der Waals surface area contributed by atoms with Crippen molar-refractivity contribution in [1.82, 2.24) is 19.4 Å². The van der Waals surface area contributed by atoms with Gasteiger partial charge in [0.15, 0.2) is 0 Å². The molecular formula is C36H46N4O. The van der Waals surface area contributed by atoms with Crippen LogP contribution in [0.4, 0.5) is 0 Å². The van der Waals surface area contributed by atoms with E-state index >= 15 is 0 Å². The van der Waals surface area contributed by atoms with Gasteiger partial charge in [0.2, 0.25) is 0 Å². The first-order valence-corrected chi connectivity index (χ1v) is 14.9. The number of carbonyl (C=O) groups excluding carboxylic acids is 1. The third-order valence-electron chi connectivity index (χ3n) is 7.49. The molecule has 0 aliphatic heterocycles. The Hall–Kier alpha value is -3.70. The van der Waals surface area contributed by atoms with E-state index in [0.717, 1.165) is 36.6 Å². The fraction of sp³-hybridized carbons (Fsp3) is 0.389. The molecule has 41 heavy (non-hydrogen) atoms. The Kier molecular flexibility index (Phi) is 10.2. The summed E-state index contributed by atoms with van der Waals surface area (Å²) < 4.78 is 2.25. The molecule has 1 aromatic heterocycles. The number of imidazole rings is 1. The number of hydrogen-bond donors (Lipinski definition) is 0. The van der Waals surface area contributed by atoms with Crippen LogP contribution in [0.2, 0.25) is 0 Å². The molecule has 0 saturated heterocycles. The summed E-state index contributed by atoms with van der Waals surface area (Å²) in [5.74, 6) is 1.11. The van der Waals surface area contributed by atoms with Gasteiger partial charge in [0.1, 0.15) is 5.82 Å². The molecule has 1 atom stereocenters. The summed E-state index contributed by atoms with van der Waals surface area (Å²) >= 11 is 0. The minimum Gasteiger partial charge on any atom is -0.328 e. The van der Waals surface area contributed by atoms with Gasteiger partial charge >= 0.3 is 0 Å². The number of aromatic nitrogens is 2. The van der Waals surface area contributed by atoms with Crippen LogP contribution in [0.3, 0.4) is 0 Å². The zero-order valence-corrected chi connectivity index (χ0v) is 25.6. The van der Waals surface area contributed by atoms with Gasteiger partial charge in [-0.2, -0.15) is 0 Å². The molecule has 0 spiro atoms. The van der Waals surface area contributed by atoms with Crippen LogP contribution in [0.5, 0.6) is 0 Å². The Labute approximate surface area is 246 Å². The first kappa shape index (κ1) is 30.3. The van der Waals surface area contributed by atoms with Gasteiger partial charge in [-0.15, -0.1) is 0 Å². The highest BCUT2D eigenvalue weighted by Gasteiger charge is 2.36.